The number of para-hydroxylation sites is 1. The third kappa shape index (κ3) is 10.4. The van der Waals surface area contributed by atoms with Gasteiger partial charge in [-0.1, -0.05) is 36.0 Å². The molecule has 14 heteroatoms. The van der Waals surface area contributed by atoms with Crippen LogP contribution in [0.5, 0.6) is 11.6 Å². The van der Waals surface area contributed by atoms with Gasteiger partial charge in [0.1, 0.15) is 5.82 Å². The summed E-state index contributed by atoms with van der Waals surface area (Å²) in [4.78, 5) is 24.4. The largest absolute Gasteiger partial charge is 0.437 e. The number of carbonyl (C=O) groups is 2. The van der Waals surface area contributed by atoms with Gasteiger partial charge in [-0.15, -0.1) is 0 Å². The van der Waals surface area contributed by atoms with Crippen LogP contribution in [0.25, 0.3) is 11.4 Å². The van der Waals surface area contributed by atoms with E-state index in [0.717, 1.165) is 67.8 Å². The van der Waals surface area contributed by atoms with Crippen molar-refractivity contribution in [1.29, 1.82) is 0 Å². The highest BCUT2D eigenvalue weighted by Crippen LogP contribution is 2.34. The molecule has 2 heterocycles. The molecule has 6 aromatic rings. The van der Waals surface area contributed by atoms with Crippen molar-refractivity contribution in [2.24, 2.45) is 11.5 Å². The molecule has 0 saturated heterocycles. The zero-order valence-corrected chi connectivity index (χ0v) is 33.7. The molecule has 2 aliphatic carbocycles. The summed E-state index contributed by atoms with van der Waals surface area (Å²) < 4.78 is 37.6. The van der Waals surface area contributed by atoms with E-state index in [-0.39, 0.29) is 35.9 Å². The topological polar surface area (TPSA) is 170 Å². The maximum atomic E-state index is 14.1. The molecule has 2 aliphatic rings. The fraction of sp³-hybridized carbons (Fsp3) is 0.261. The molecular formula is C46H48F2N6O5S. The molecule has 8 N–H and O–H groups in total. The van der Waals surface area contributed by atoms with E-state index in [2.05, 4.69) is 10.6 Å². The van der Waals surface area contributed by atoms with Crippen LogP contribution in [0.1, 0.15) is 72.1 Å². The molecule has 0 radical (unpaired) electrons. The molecule has 312 valence electrons. The zero-order chi connectivity index (χ0) is 42.2. The summed E-state index contributed by atoms with van der Waals surface area (Å²) in [6.45, 7) is 0. The lowest BCUT2D eigenvalue weighted by molar-refractivity contribution is 0.0992. The van der Waals surface area contributed by atoms with Crippen molar-refractivity contribution in [3.63, 3.8) is 0 Å². The van der Waals surface area contributed by atoms with Gasteiger partial charge in [0.2, 0.25) is 5.88 Å². The lowest BCUT2D eigenvalue weighted by atomic mass is 9.92. The van der Waals surface area contributed by atoms with Crippen molar-refractivity contribution < 1.29 is 33.3 Å². The molecule has 2 amide bonds. The van der Waals surface area contributed by atoms with Gasteiger partial charge in [0, 0.05) is 52.5 Å². The second kappa shape index (κ2) is 19.3. The number of hydrogen-bond acceptors (Lipinski definition) is 8. The van der Waals surface area contributed by atoms with Crippen LogP contribution in [0.4, 0.5) is 20.2 Å². The molecule has 0 atom stereocenters. The SMILES string of the molecule is NC(=O)c1ccc(-n2cccc2Oc2ccccc2F)cc1NC1CCC(O)CC1.NC(=O)c1ccc(-n2cccc2Sc2ccccc2F)cc1NC1CCC(O)CC1. The Bertz CT molecular complexity index is 2250. The standard InChI is InChI=1S/C23H24FN3O3.C23H24FN3O2S/c2*24-19-4-1-2-5-21(19)30-22-6-3-13-27(22)16-9-12-18(23(25)29)20(14-16)26-15-7-10-17(28)11-8-15/h2*1-6,9,12-15,17,26,28H,7-8,10-11H2,(H2,25,29). The number of primary amides is 2. The van der Waals surface area contributed by atoms with Gasteiger partial charge in [0.05, 0.1) is 34.0 Å². The highest BCUT2D eigenvalue weighted by molar-refractivity contribution is 7.99. The van der Waals surface area contributed by atoms with Crippen molar-refractivity contribution >= 4 is 35.0 Å². The molecule has 0 spiro atoms. The first kappa shape index (κ1) is 42.0. The average Bonchev–Trinajstić information content (AvgIpc) is 3.91. The molecular weight excluding hydrogens is 787 g/mol. The monoisotopic (exact) mass is 834 g/mol. The number of hydrogen-bond donors (Lipinski definition) is 6. The Morgan fingerprint density at radius 1 is 0.617 bits per heavy atom. The number of amides is 2. The molecule has 4 aromatic carbocycles. The summed E-state index contributed by atoms with van der Waals surface area (Å²) in [5, 5.41) is 27.2. The van der Waals surface area contributed by atoms with Crippen molar-refractivity contribution in [2.75, 3.05) is 10.6 Å². The number of nitrogens with zero attached hydrogens (tertiary/aromatic N) is 2. The van der Waals surface area contributed by atoms with E-state index in [1.807, 2.05) is 47.2 Å². The molecule has 60 heavy (non-hydrogen) atoms. The lowest BCUT2D eigenvalue weighted by Gasteiger charge is -2.28. The van der Waals surface area contributed by atoms with Gasteiger partial charge in [0.15, 0.2) is 11.6 Å². The molecule has 2 fully saturated rings. The number of aliphatic hydroxyl groups excluding tert-OH is 2. The van der Waals surface area contributed by atoms with Gasteiger partial charge in [-0.2, -0.15) is 0 Å². The Morgan fingerprint density at radius 2 is 1.12 bits per heavy atom. The van der Waals surface area contributed by atoms with Gasteiger partial charge < -0.3 is 41.6 Å². The lowest BCUT2D eigenvalue weighted by Crippen LogP contribution is -2.29. The Morgan fingerprint density at radius 3 is 1.67 bits per heavy atom. The van der Waals surface area contributed by atoms with Gasteiger partial charge >= 0.3 is 0 Å². The average molecular weight is 835 g/mol. The number of rotatable bonds is 12. The highest BCUT2D eigenvalue weighted by atomic mass is 32.2. The van der Waals surface area contributed by atoms with Gasteiger partial charge in [-0.05, 0) is 130 Å². The summed E-state index contributed by atoms with van der Waals surface area (Å²) in [5.41, 5.74) is 14.9. The quantitative estimate of drug-likeness (QED) is 0.0711. The first-order valence-electron chi connectivity index (χ1n) is 20.0. The maximum absolute atomic E-state index is 14.1. The summed E-state index contributed by atoms with van der Waals surface area (Å²) in [6.07, 6.45) is 9.43. The number of anilines is 2. The molecule has 8 rings (SSSR count). The predicted octanol–water partition coefficient (Wildman–Crippen LogP) is 8.80. The number of nitrogens with one attached hydrogen (secondary N) is 2. The van der Waals surface area contributed by atoms with E-state index in [1.54, 1.807) is 71.4 Å². The Hall–Kier alpha value is -6.09. The number of halogens is 2. The van der Waals surface area contributed by atoms with Crippen LogP contribution in [0, 0.1) is 11.6 Å². The van der Waals surface area contributed by atoms with Crippen LogP contribution in [0.2, 0.25) is 0 Å². The van der Waals surface area contributed by atoms with E-state index in [0.29, 0.717) is 33.3 Å². The van der Waals surface area contributed by atoms with Crippen LogP contribution in [-0.2, 0) is 0 Å². The number of benzene rings is 4. The molecule has 0 aliphatic heterocycles. The second-order valence-corrected chi connectivity index (χ2v) is 16.0. The predicted molar refractivity (Wildman–Crippen MR) is 229 cm³/mol. The normalized spacial score (nSPS) is 18.8. The first-order valence-corrected chi connectivity index (χ1v) is 20.8. The van der Waals surface area contributed by atoms with E-state index in [1.165, 1.54) is 23.9 Å². The molecule has 2 saturated carbocycles. The van der Waals surface area contributed by atoms with Crippen LogP contribution in [0.15, 0.2) is 132 Å². The fourth-order valence-corrected chi connectivity index (χ4v) is 8.47. The van der Waals surface area contributed by atoms with Crippen LogP contribution >= 0.6 is 11.8 Å². The minimum Gasteiger partial charge on any atom is -0.437 e. The van der Waals surface area contributed by atoms with E-state index < -0.39 is 17.6 Å². The molecule has 11 nitrogen and oxygen atoms in total. The van der Waals surface area contributed by atoms with Gasteiger partial charge in [-0.3, -0.25) is 14.2 Å². The third-order valence-electron chi connectivity index (χ3n) is 10.7. The molecule has 0 unspecified atom stereocenters. The highest BCUT2D eigenvalue weighted by Gasteiger charge is 2.23. The summed E-state index contributed by atoms with van der Waals surface area (Å²) in [5.74, 6) is -1.15. The van der Waals surface area contributed by atoms with Crippen molar-refractivity contribution in [1.82, 2.24) is 9.13 Å². The Kier molecular flexibility index (Phi) is 13.5. The number of aromatic nitrogens is 2. The van der Waals surface area contributed by atoms with E-state index in [4.69, 9.17) is 16.2 Å². The van der Waals surface area contributed by atoms with Crippen LogP contribution < -0.4 is 26.8 Å². The first-order chi connectivity index (χ1) is 29.0. The molecule has 2 aromatic heterocycles. The third-order valence-corrected chi connectivity index (χ3v) is 11.8. The second-order valence-electron chi connectivity index (χ2n) is 15.0. The van der Waals surface area contributed by atoms with Crippen LogP contribution in [0.3, 0.4) is 0 Å². The number of nitrogens with two attached hydrogens (primary N) is 2. The van der Waals surface area contributed by atoms with E-state index in [9.17, 15) is 28.6 Å². The number of aliphatic hydroxyl groups is 2. The zero-order valence-electron chi connectivity index (χ0n) is 32.8. The Labute approximate surface area is 351 Å². The van der Waals surface area contributed by atoms with Gasteiger partial charge in [-0.25, -0.2) is 8.78 Å². The minimum atomic E-state index is -0.518. The smallest absolute Gasteiger partial charge is 0.250 e. The molecule has 0 bridgehead atoms. The van der Waals surface area contributed by atoms with Gasteiger partial charge in [0.25, 0.3) is 11.8 Å². The summed E-state index contributed by atoms with van der Waals surface area (Å²) in [6, 6.07) is 31.3. The maximum Gasteiger partial charge on any atom is 0.250 e. The van der Waals surface area contributed by atoms with Crippen molar-refractivity contribution in [3.05, 3.63) is 144 Å². The van der Waals surface area contributed by atoms with Crippen molar-refractivity contribution in [3.8, 4) is 23.0 Å². The fourth-order valence-electron chi connectivity index (χ4n) is 7.52. The van der Waals surface area contributed by atoms with Crippen molar-refractivity contribution in [2.45, 2.75) is 85.6 Å². The summed E-state index contributed by atoms with van der Waals surface area (Å²) >= 11 is 1.34. The number of carbonyl (C=O) groups excluding carboxylic acids is 2. The van der Waals surface area contributed by atoms with Crippen LogP contribution in [-0.4, -0.2) is 55.5 Å². The van der Waals surface area contributed by atoms with E-state index >= 15 is 0 Å². The minimum absolute atomic E-state index is 0.130. The summed E-state index contributed by atoms with van der Waals surface area (Å²) in [7, 11) is 0. The Balaban J connectivity index is 0.000000181. The number of ether oxygens (including phenoxy) is 1.